The van der Waals surface area contributed by atoms with Gasteiger partial charge >= 0.3 is 17.1 Å². The Hall–Kier alpha value is 0.270. The maximum absolute atomic E-state index is 12.4. The lowest BCUT2D eigenvalue weighted by molar-refractivity contribution is -0.209. The van der Waals surface area contributed by atoms with Crippen molar-refractivity contribution >= 4 is 41.2 Å². The molecule has 0 aliphatic rings. The molecule has 0 aliphatic heterocycles. The first kappa shape index (κ1) is 12.3. The van der Waals surface area contributed by atoms with E-state index in [0.29, 0.717) is 0 Å². The molecule has 0 fully saturated rings. The van der Waals surface area contributed by atoms with Gasteiger partial charge in [-0.2, -0.15) is 13.2 Å². The van der Waals surface area contributed by atoms with Crippen molar-refractivity contribution in [3.05, 3.63) is 0 Å². The Labute approximate surface area is 84.2 Å². The molecule has 0 aromatic heterocycles. The van der Waals surface area contributed by atoms with Crippen LogP contribution in [0.3, 0.4) is 0 Å². The second kappa shape index (κ2) is 3.99. The molecule has 0 amide bonds. The summed E-state index contributed by atoms with van der Waals surface area (Å²) in [6.45, 7) is 0. The van der Waals surface area contributed by atoms with Gasteiger partial charge in [0.15, 0.2) is 0 Å². The number of rotatable bonds is 2. The van der Waals surface area contributed by atoms with Gasteiger partial charge in [0.25, 0.3) is 0 Å². The summed E-state index contributed by atoms with van der Waals surface area (Å²) in [5.74, 6) is -2.05. The zero-order valence-electron chi connectivity index (χ0n) is 5.36. The number of thiol groups is 1. The Bertz CT molecular complexity index is 180. The van der Waals surface area contributed by atoms with Crippen LogP contribution in [-0.4, -0.2) is 21.8 Å². The van der Waals surface area contributed by atoms with Crippen LogP contribution in [0, 0.1) is 0 Å². The summed E-state index contributed by atoms with van der Waals surface area (Å²) in [7, 11) is 0. The van der Waals surface area contributed by atoms with Crippen LogP contribution in [0.1, 0.15) is 0 Å². The highest BCUT2D eigenvalue weighted by atomic mass is 127. The second-order valence-corrected chi connectivity index (χ2v) is 2.90. The van der Waals surface area contributed by atoms with Crippen molar-refractivity contribution in [1.82, 2.24) is 0 Å². The van der Waals surface area contributed by atoms with E-state index in [1.807, 2.05) is 0 Å². The summed E-state index contributed by atoms with van der Waals surface area (Å²) in [4.78, 5) is 10.3. The van der Waals surface area contributed by atoms with Crippen LogP contribution in [-0.2, 0) is 9.53 Å². The van der Waals surface area contributed by atoms with Crippen LogP contribution < -0.4 is 0 Å². The minimum Gasteiger partial charge on any atom is -0.452 e. The molecule has 0 N–H and O–H groups in total. The number of hydrogen-bond donors (Lipinski definition) is 1. The van der Waals surface area contributed by atoms with Gasteiger partial charge in [-0.05, 0) is 22.6 Å². The molecule has 0 heterocycles. The van der Waals surface area contributed by atoms with Crippen molar-refractivity contribution in [1.29, 1.82) is 0 Å². The van der Waals surface area contributed by atoms with Crippen LogP contribution in [0.25, 0.3) is 0 Å². The summed E-state index contributed by atoms with van der Waals surface area (Å²) < 4.78 is 50.8. The van der Waals surface area contributed by atoms with Crippen molar-refractivity contribution in [2.45, 2.75) is 11.2 Å². The zero-order chi connectivity index (χ0) is 9.99. The van der Waals surface area contributed by atoms with E-state index in [1.54, 1.807) is 0 Å². The molecule has 12 heavy (non-hydrogen) atoms. The van der Waals surface area contributed by atoms with Crippen LogP contribution >= 0.6 is 35.2 Å². The van der Waals surface area contributed by atoms with Gasteiger partial charge in [0, 0.05) is 0 Å². The smallest absolute Gasteiger partial charge is 0.443 e. The van der Waals surface area contributed by atoms with Gasteiger partial charge in [-0.1, -0.05) is 0 Å². The van der Waals surface area contributed by atoms with Crippen LogP contribution in [0.4, 0.5) is 17.6 Å². The first-order chi connectivity index (χ1) is 5.23. The Balaban J connectivity index is 4.50. The van der Waals surface area contributed by atoms with Crippen molar-refractivity contribution in [3.63, 3.8) is 0 Å². The van der Waals surface area contributed by atoms with Gasteiger partial charge < -0.3 is 4.74 Å². The van der Waals surface area contributed by atoms with E-state index in [1.165, 1.54) is 22.6 Å². The van der Waals surface area contributed by atoms with E-state index in [-0.39, 0.29) is 4.61 Å². The van der Waals surface area contributed by atoms with Crippen molar-refractivity contribution in [3.8, 4) is 0 Å². The third kappa shape index (κ3) is 2.64. The largest absolute Gasteiger partial charge is 0.452 e. The molecule has 0 spiro atoms. The summed E-state index contributed by atoms with van der Waals surface area (Å²) >= 11 is 3.99. The third-order valence-corrected chi connectivity index (χ3v) is 1.58. The Morgan fingerprint density at radius 1 is 1.42 bits per heavy atom. The number of hydrogen-bond acceptors (Lipinski definition) is 3. The van der Waals surface area contributed by atoms with E-state index in [0.717, 1.165) is 0 Å². The number of esters is 1. The molecular weight excluding hydrogens is 315 g/mol. The zero-order valence-corrected chi connectivity index (χ0v) is 8.41. The Morgan fingerprint density at radius 3 is 2.08 bits per heavy atom. The fraction of sp³-hybridized carbons (Fsp3) is 0.750. The van der Waals surface area contributed by atoms with Gasteiger partial charge in [-0.3, -0.25) is 0 Å². The van der Waals surface area contributed by atoms with Gasteiger partial charge in [0.1, 0.15) is 4.61 Å². The Morgan fingerprint density at radius 2 is 1.83 bits per heavy atom. The lowest BCUT2D eigenvalue weighted by atomic mass is 10.4. The molecule has 0 aliphatic carbocycles. The second-order valence-electron chi connectivity index (χ2n) is 1.66. The maximum Gasteiger partial charge on any atom is 0.443 e. The first-order valence-electron chi connectivity index (χ1n) is 2.44. The van der Waals surface area contributed by atoms with Gasteiger partial charge in [-0.25, -0.2) is 9.18 Å². The average molecular weight is 318 g/mol. The number of halogens is 5. The fourth-order valence-electron chi connectivity index (χ4n) is 0.261. The molecule has 0 rings (SSSR count). The molecular formula is C4H3F4IO2S. The molecule has 8 heteroatoms. The van der Waals surface area contributed by atoms with Crippen molar-refractivity contribution in [2.24, 2.45) is 0 Å². The molecule has 0 saturated carbocycles. The summed E-state index contributed by atoms with van der Waals surface area (Å²) in [6.07, 6.45) is -5.36. The van der Waals surface area contributed by atoms with Crippen LogP contribution in [0.2, 0.25) is 0 Å². The summed E-state index contributed by atoms with van der Waals surface area (Å²) in [5.41, 5.74) is 0. The molecule has 1 atom stereocenters. The number of alkyl halides is 5. The highest BCUT2D eigenvalue weighted by Crippen LogP contribution is 2.38. The lowest BCUT2D eigenvalue weighted by Crippen LogP contribution is -2.44. The van der Waals surface area contributed by atoms with E-state index in [4.69, 9.17) is 0 Å². The predicted molar refractivity (Wildman–Crippen MR) is 43.9 cm³/mol. The molecule has 0 saturated heterocycles. The number of carbonyl (C=O) groups is 1. The maximum atomic E-state index is 12.4. The van der Waals surface area contributed by atoms with Crippen molar-refractivity contribution in [2.75, 3.05) is 4.61 Å². The minimum atomic E-state index is -5.36. The highest BCUT2D eigenvalue weighted by molar-refractivity contribution is 14.1. The molecule has 0 aromatic rings. The van der Waals surface area contributed by atoms with E-state index >= 15 is 0 Å². The SMILES string of the molecule is O=C(OCI)C(F)(S)C(F)(F)F. The van der Waals surface area contributed by atoms with Crippen molar-refractivity contribution < 1.29 is 27.1 Å². The normalized spacial score (nSPS) is 16.8. The molecule has 0 radical (unpaired) electrons. The predicted octanol–water partition coefficient (Wildman–Crippen LogP) is 2.08. The topological polar surface area (TPSA) is 26.3 Å². The highest BCUT2D eigenvalue weighted by Gasteiger charge is 2.60. The average Bonchev–Trinajstić information content (AvgIpc) is 1.85. The minimum absolute atomic E-state index is 0.362. The van der Waals surface area contributed by atoms with Gasteiger partial charge in [0.05, 0.1) is 0 Å². The molecule has 2 nitrogen and oxygen atoms in total. The number of carbonyl (C=O) groups excluding carboxylic acids is 1. The lowest BCUT2D eigenvalue weighted by Gasteiger charge is -2.19. The van der Waals surface area contributed by atoms with Gasteiger partial charge in [-0.15, -0.1) is 12.6 Å². The van der Waals surface area contributed by atoms with E-state index < -0.39 is 17.1 Å². The Kier molecular flexibility index (Phi) is 4.08. The number of ether oxygens (including phenoxy) is 1. The van der Waals surface area contributed by atoms with E-state index in [2.05, 4.69) is 17.4 Å². The van der Waals surface area contributed by atoms with Crippen LogP contribution in [0.15, 0.2) is 0 Å². The third-order valence-electron chi connectivity index (χ3n) is 0.832. The molecule has 0 aromatic carbocycles. The molecule has 1 unspecified atom stereocenters. The molecule has 0 bridgehead atoms. The quantitative estimate of drug-likeness (QED) is 0.277. The van der Waals surface area contributed by atoms with E-state index in [9.17, 15) is 22.4 Å². The van der Waals surface area contributed by atoms with Gasteiger partial charge in [0.2, 0.25) is 0 Å². The fourth-order valence-corrected chi connectivity index (χ4v) is 0.608. The molecule has 72 valence electrons. The summed E-state index contributed by atoms with van der Waals surface area (Å²) in [6, 6.07) is 0. The first-order valence-corrected chi connectivity index (χ1v) is 4.42. The monoisotopic (exact) mass is 318 g/mol. The standard InChI is InChI=1S/C4H3F4IO2S/c5-3(12,4(6,7)8)2(10)11-1-9/h12H,1H2. The summed E-state index contributed by atoms with van der Waals surface area (Å²) in [5, 5.41) is -4.22. The van der Waals surface area contributed by atoms with Crippen LogP contribution in [0.5, 0.6) is 0 Å².